The van der Waals surface area contributed by atoms with Gasteiger partial charge < -0.3 is 5.32 Å². The molecule has 0 bridgehead atoms. The van der Waals surface area contributed by atoms with Crippen LogP contribution in [0.2, 0.25) is 0 Å². The summed E-state index contributed by atoms with van der Waals surface area (Å²) in [5.41, 5.74) is 0. The predicted molar refractivity (Wildman–Crippen MR) is 55.6 cm³/mol. The molecule has 0 radical (unpaired) electrons. The van der Waals surface area contributed by atoms with Crippen LogP contribution in [0.5, 0.6) is 0 Å². The van der Waals surface area contributed by atoms with Crippen molar-refractivity contribution in [2.75, 3.05) is 13.1 Å². The second kappa shape index (κ2) is 4.10. The van der Waals surface area contributed by atoms with Crippen molar-refractivity contribution in [3.63, 3.8) is 0 Å². The molecule has 0 saturated carbocycles. The molecule has 0 amide bonds. The van der Waals surface area contributed by atoms with Crippen LogP contribution in [0.15, 0.2) is 6.33 Å². The maximum Gasteiger partial charge on any atom is 0.204 e. The number of Topliss-reactive ketones (excluding diaryl/α,β-unsaturated/α-hetero) is 1. The Morgan fingerprint density at radius 2 is 2.47 bits per heavy atom. The molecule has 2 atom stereocenters. The normalized spacial score (nSPS) is 25.7. The van der Waals surface area contributed by atoms with E-state index in [0.717, 1.165) is 13.1 Å². The van der Waals surface area contributed by atoms with Crippen LogP contribution >= 0.6 is 0 Å². The highest BCUT2D eigenvalue weighted by Crippen LogP contribution is 2.19. The first-order valence-corrected chi connectivity index (χ1v) is 5.36. The first-order chi connectivity index (χ1) is 7.24. The summed E-state index contributed by atoms with van der Waals surface area (Å²) in [7, 11) is 0. The largest absolute Gasteiger partial charge is 0.316 e. The van der Waals surface area contributed by atoms with Gasteiger partial charge in [-0.1, -0.05) is 6.92 Å². The Bertz CT molecular complexity index is 360. The molecule has 2 heterocycles. The second-order valence-electron chi connectivity index (χ2n) is 4.01. The van der Waals surface area contributed by atoms with Crippen LogP contribution in [0.4, 0.5) is 0 Å². The van der Waals surface area contributed by atoms with Gasteiger partial charge in [0.15, 0.2) is 5.82 Å². The summed E-state index contributed by atoms with van der Waals surface area (Å²) in [5, 5.41) is 7.24. The maximum absolute atomic E-state index is 12.1. The molecule has 1 N–H and O–H groups in total. The number of carbonyl (C=O) groups is 1. The van der Waals surface area contributed by atoms with Gasteiger partial charge in [0.05, 0.1) is 0 Å². The minimum atomic E-state index is 0.0551. The number of nitrogens with one attached hydrogen (secondary N) is 1. The molecule has 1 aromatic rings. The van der Waals surface area contributed by atoms with E-state index in [1.165, 1.54) is 6.33 Å². The predicted octanol–water partition coefficient (Wildman–Crippen LogP) is 0.336. The van der Waals surface area contributed by atoms with Crippen molar-refractivity contribution in [3.8, 4) is 0 Å². The number of aromatic nitrogens is 3. The van der Waals surface area contributed by atoms with E-state index >= 15 is 0 Å². The van der Waals surface area contributed by atoms with E-state index < -0.39 is 0 Å². The zero-order chi connectivity index (χ0) is 10.8. The monoisotopic (exact) mass is 208 g/mol. The average molecular weight is 208 g/mol. The molecular formula is C10H16N4O. The van der Waals surface area contributed by atoms with E-state index in [2.05, 4.69) is 22.3 Å². The van der Waals surface area contributed by atoms with Crippen LogP contribution in [0.1, 0.15) is 24.5 Å². The van der Waals surface area contributed by atoms with E-state index in [4.69, 9.17) is 0 Å². The van der Waals surface area contributed by atoms with Gasteiger partial charge in [0, 0.05) is 19.0 Å². The highest BCUT2D eigenvalue weighted by Gasteiger charge is 2.32. The highest BCUT2D eigenvalue weighted by molar-refractivity contribution is 5.95. The second-order valence-corrected chi connectivity index (χ2v) is 4.01. The van der Waals surface area contributed by atoms with E-state index in [1.54, 1.807) is 4.68 Å². The third-order valence-electron chi connectivity index (χ3n) is 2.99. The standard InChI is InChI=1S/C10H16N4O/c1-3-14-10(12-6-13-14)9(15)8-5-11-4-7(8)2/h6-8,11H,3-5H2,1-2H3. The van der Waals surface area contributed by atoms with Gasteiger partial charge in [0.1, 0.15) is 6.33 Å². The Balaban J connectivity index is 2.20. The molecule has 0 aliphatic carbocycles. The van der Waals surface area contributed by atoms with Crippen molar-refractivity contribution in [1.82, 2.24) is 20.1 Å². The zero-order valence-corrected chi connectivity index (χ0v) is 9.10. The molecule has 0 aromatic carbocycles. The minimum absolute atomic E-state index is 0.0551. The van der Waals surface area contributed by atoms with Crippen LogP contribution in [-0.4, -0.2) is 33.6 Å². The van der Waals surface area contributed by atoms with Gasteiger partial charge in [0.2, 0.25) is 5.78 Å². The van der Waals surface area contributed by atoms with Crippen molar-refractivity contribution < 1.29 is 4.79 Å². The van der Waals surface area contributed by atoms with Gasteiger partial charge in [-0.05, 0) is 19.4 Å². The van der Waals surface area contributed by atoms with E-state index in [-0.39, 0.29) is 11.7 Å². The molecule has 2 rings (SSSR count). The van der Waals surface area contributed by atoms with Crippen molar-refractivity contribution in [1.29, 1.82) is 0 Å². The number of carbonyl (C=O) groups excluding carboxylic acids is 1. The lowest BCUT2D eigenvalue weighted by Crippen LogP contribution is -2.25. The van der Waals surface area contributed by atoms with Crippen LogP contribution in [0, 0.1) is 11.8 Å². The molecule has 1 aromatic heterocycles. The fraction of sp³-hybridized carbons (Fsp3) is 0.700. The summed E-state index contributed by atoms with van der Waals surface area (Å²) >= 11 is 0. The molecule has 0 spiro atoms. The summed E-state index contributed by atoms with van der Waals surface area (Å²) in [6.45, 7) is 6.42. The quantitative estimate of drug-likeness (QED) is 0.727. The molecule has 5 nitrogen and oxygen atoms in total. The summed E-state index contributed by atoms with van der Waals surface area (Å²) in [6, 6.07) is 0. The number of ketones is 1. The fourth-order valence-electron chi connectivity index (χ4n) is 2.01. The van der Waals surface area contributed by atoms with Gasteiger partial charge >= 0.3 is 0 Å². The summed E-state index contributed by atoms with van der Waals surface area (Å²) in [4.78, 5) is 16.2. The third-order valence-corrected chi connectivity index (χ3v) is 2.99. The number of nitrogens with zero attached hydrogens (tertiary/aromatic N) is 3. The van der Waals surface area contributed by atoms with E-state index in [9.17, 15) is 4.79 Å². The Morgan fingerprint density at radius 1 is 1.67 bits per heavy atom. The molecule has 1 aliphatic heterocycles. The lowest BCUT2D eigenvalue weighted by molar-refractivity contribution is 0.0891. The third kappa shape index (κ3) is 1.79. The SMILES string of the molecule is CCn1ncnc1C(=O)C1CNCC1C. The Hall–Kier alpha value is -1.23. The smallest absolute Gasteiger partial charge is 0.204 e. The number of rotatable bonds is 3. The van der Waals surface area contributed by atoms with Crippen molar-refractivity contribution in [2.24, 2.45) is 11.8 Å². The molecule has 15 heavy (non-hydrogen) atoms. The summed E-state index contributed by atoms with van der Waals surface area (Å²) in [6.07, 6.45) is 1.45. The Morgan fingerprint density at radius 3 is 3.07 bits per heavy atom. The van der Waals surface area contributed by atoms with Crippen LogP contribution in [-0.2, 0) is 6.54 Å². The molecule has 1 saturated heterocycles. The number of hydrogen-bond acceptors (Lipinski definition) is 4. The highest BCUT2D eigenvalue weighted by atomic mass is 16.1. The molecule has 1 aliphatic rings. The first-order valence-electron chi connectivity index (χ1n) is 5.36. The number of hydrogen-bond donors (Lipinski definition) is 1. The lowest BCUT2D eigenvalue weighted by Gasteiger charge is -2.12. The van der Waals surface area contributed by atoms with Gasteiger partial charge in [-0.15, -0.1) is 0 Å². The molecule has 5 heteroatoms. The van der Waals surface area contributed by atoms with Crippen LogP contribution in [0.25, 0.3) is 0 Å². The minimum Gasteiger partial charge on any atom is -0.316 e. The summed E-state index contributed by atoms with van der Waals surface area (Å²) < 4.78 is 1.66. The molecule has 2 unspecified atom stereocenters. The number of aryl methyl sites for hydroxylation is 1. The maximum atomic E-state index is 12.1. The van der Waals surface area contributed by atoms with Crippen molar-refractivity contribution in [3.05, 3.63) is 12.2 Å². The van der Waals surface area contributed by atoms with Gasteiger partial charge in [0.25, 0.3) is 0 Å². The molecule has 82 valence electrons. The lowest BCUT2D eigenvalue weighted by atomic mass is 9.93. The summed E-state index contributed by atoms with van der Waals surface area (Å²) in [5.74, 6) is 1.06. The first kappa shape index (κ1) is 10.3. The van der Waals surface area contributed by atoms with Gasteiger partial charge in [-0.2, -0.15) is 5.10 Å². The zero-order valence-electron chi connectivity index (χ0n) is 9.10. The average Bonchev–Trinajstić information content (AvgIpc) is 2.84. The van der Waals surface area contributed by atoms with E-state index in [0.29, 0.717) is 18.3 Å². The van der Waals surface area contributed by atoms with Crippen LogP contribution < -0.4 is 5.32 Å². The van der Waals surface area contributed by atoms with Gasteiger partial charge in [-0.3, -0.25) is 4.79 Å². The molecular weight excluding hydrogens is 192 g/mol. The Labute approximate surface area is 88.9 Å². The van der Waals surface area contributed by atoms with E-state index in [1.807, 2.05) is 6.92 Å². The van der Waals surface area contributed by atoms with Gasteiger partial charge in [-0.25, -0.2) is 9.67 Å². The van der Waals surface area contributed by atoms with Crippen molar-refractivity contribution >= 4 is 5.78 Å². The fourth-order valence-corrected chi connectivity index (χ4v) is 2.01. The van der Waals surface area contributed by atoms with Crippen molar-refractivity contribution in [2.45, 2.75) is 20.4 Å². The molecule has 1 fully saturated rings. The topological polar surface area (TPSA) is 59.8 Å². The Kier molecular flexibility index (Phi) is 2.81. The van der Waals surface area contributed by atoms with Crippen LogP contribution in [0.3, 0.4) is 0 Å².